The summed E-state index contributed by atoms with van der Waals surface area (Å²) in [5, 5.41) is 0. The van der Waals surface area contributed by atoms with Crippen molar-refractivity contribution in [2.45, 2.75) is 17.6 Å². The Hall–Kier alpha value is -1.94. The van der Waals surface area contributed by atoms with Gasteiger partial charge >= 0.3 is 5.97 Å². The zero-order valence-electron chi connectivity index (χ0n) is 10.5. The molecule has 2 aromatic carbocycles. The lowest BCUT2D eigenvalue weighted by atomic mass is 10.2. The predicted octanol–water partition coefficient (Wildman–Crippen LogP) is 2.92. The third-order valence-electron chi connectivity index (χ3n) is 2.49. The van der Waals surface area contributed by atoms with Crippen molar-refractivity contribution in [3.05, 3.63) is 60.2 Å². The lowest BCUT2D eigenvalue weighted by Crippen LogP contribution is -2.05. The van der Waals surface area contributed by atoms with Crippen LogP contribution in [0.15, 0.2) is 59.5 Å². The summed E-state index contributed by atoms with van der Waals surface area (Å²) < 4.78 is 17.4. The molecule has 19 heavy (non-hydrogen) atoms. The summed E-state index contributed by atoms with van der Waals surface area (Å²) in [5.41, 5.74) is 0.985. The molecule has 0 heterocycles. The quantitative estimate of drug-likeness (QED) is 0.636. The summed E-state index contributed by atoms with van der Waals surface area (Å²) in [6.45, 7) is 1.33. The van der Waals surface area contributed by atoms with Crippen molar-refractivity contribution < 1.29 is 13.7 Å². The number of hydrogen-bond donors (Lipinski definition) is 0. The van der Waals surface area contributed by atoms with Gasteiger partial charge in [-0.25, -0.2) is 0 Å². The van der Waals surface area contributed by atoms with Crippen LogP contribution < -0.4 is 4.74 Å². The van der Waals surface area contributed by atoms with Gasteiger partial charge in [-0.15, -0.1) is 0 Å². The maximum atomic E-state index is 12.3. The van der Waals surface area contributed by atoms with E-state index in [0.29, 0.717) is 16.4 Å². The monoisotopic (exact) mass is 274 g/mol. The first-order chi connectivity index (χ1) is 9.16. The fraction of sp³-hybridized carbons (Fsp3) is 0.133. The minimum absolute atomic E-state index is 0.365. The maximum Gasteiger partial charge on any atom is 0.308 e. The fourth-order valence-electron chi connectivity index (χ4n) is 1.68. The van der Waals surface area contributed by atoms with E-state index in [2.05, 4.69) is 0 Å². The van der Waals surface area contributed by atoms with Crippen LogP contribution in [0.4, 0.5) is 0 Å². The fourth-order valence-corrected chi connectivity index (χ4v) is 2.90. The van der Waals surface area contributed by atoms with E-state index in [1.54, 1.807) is 24.3 Å². The van der Waals surface area contributed by atoms with Gasteiger partial charge in [0.2, 0.25) is 0 Å². The molecule has 0 saturated heterocycles. The normalized spacial score (nSPS) is 11.8. The van der Waals surface area contributed by atoms with Gasteiger partial charge in [0.15, 0.2) is 0 Å². The molecular weight excluding hydrogens is 260 g/mol. The molecule has 1 atom stereocenters. The van der Waals surface area contributed by atoms with Crippen molar-refractivity contribution in [3.63, 3.8) is 0 Å². The third-order valence-corrected chi connectivity index (χ3v) is 3.91. The smallest absolute Gasteiger partial charge is 0.308 e. The van der Waals surface area contributed by atoms with Gasteiger partial charge in [0.05, 0.1) is 21.4 Å². The third kappa shape index (κ3) is 3.76. The van der Waals surface area contributed by atoms with Gasteiger partial charge in [0.25, 0.3) is 0 Å². The van der Waals surface area contributed by atoms with Crippen LogP contribution in [0.1, 0.15) is 12.5 Å². The molecule has 0 aliphatic carbocycles. The van der Waals surface area contributed by atoms with Gasteiger partial charge in [0.1, 0.15) is 5.75 Å². The van der Waals surface area contributed by atoms with Crippen molar-refractivity contribution >= 4 is 16.8 Å². The molecule has 0 bridgehead atoms. The van der Waals surface area contributed by atoms with E-state index in [0.717, 1.165) is 5.56 Å². The molecule has 2 rings (SSSR count). The molecule has 1 unspecified atom stereocenters. The summed E-state index contributed by atoms with van der Waals surface area (Å²) in [4.78, 5) is 11.6. The summed E-state index contributed by atoms with van der Waals surface area (Å²) in [7, 11) is -1.24. The highest BCUT2D eigenvalue weighted by Gasteiger charge is 2.12. The molecule has 0 N–H and O–H groups in total. The number of esters is 1. The molecule has 0 saturated carbocycles. The first-order valence-electron chi connectivity index (χ1n) is 5.86. The number of carbonyl (C=O) groups is 1. The largest absolute Gasteiger partial charge is 0.425 e. The zero-order valence-corrected chi connectivity index (χ0v) is 11.4. The minimum Gasteiger partial charge on any atom is -0.425 e. The van der Waals surface area contributed by atoms with E-state index in [-0.39, 0.29) is 0 Å². The van der Waals surface area contributed by atoms with E-state index in [1.807, 2.05) is 30.3 Å². The Morgan fingerprint density at radius 1 is 1.05 bits per heavy atom. The molecule has 0 aromatic heterocycles. The summed E-state index contributed by atoms with van der Waals surface area (Å²) in [6, 6.07) is 16.5. The van der Waals surface area contributed by atoms with E-state index in [4.69, 9.17) is 4.74 Å². The minimum atomic E-state index is -1.24. The van der Waals surface area contributed by atoms with E-state index in [9.17, 15) is 9.00 Å². The van der Waals surface area contributed by atoms with E-state index < -0.39 is 16.8 Å². The summed E-state index contributed by atoms with van der Waals surface area (Å²) in [5.74, 6) is 0.354. The SMILES string of the molecule is CC(=O)Oc1ccccc1S(=O)Cc1ccccc1. The highest BCUT2D eigenvalue weighted by molar-refractivity contribution is 7.84. The van der Waals surface area contributed by atoms with Gasteiger partial charge < -0.3 is 4.74 Å². The van der Waals surface area contributed by atoms with Crippen LogP contribution in [0.25, 0.3) is 0 Å². The van der Waals surface area contributed by atoms with Gasteiger partial charge in [-0.3, -0.25) is 9.00 Å². The zero-order chi connectivity index (χ0) is 13.7. The standard InChI is InChI=1S/C15H14O3S/c1-12(16)18-14-9-5-6-10-15(14)19(17)11-13-7-3-2-4-8-13/h2-10H,11H2,1H3. The average Bonchev–Trinajstić information content (AvgIpc) is 2.39. The van der Waals surface area contributed by atoms with Crippen LogP contribution >= 0.6 is 0 Å². The number of rotatable bonds is 4. The second-order valence-electron chi connectivity index (χ2n) is 4.02. The predicted molar refractivity (Wildman–Crippen MR) is 74.3 cm³/mol. The van der Waals surface area contributed by atoms with Crippen molar-refractivity contribution in [1.29, 1.82) is 0 Å². The van der Waals surface area contributed by atoms with Crippen LogP contribution in [0.5, 0.6) is 5.75 Å². The highest BCUT2D eigenvalue weighted by Crippen LogP contribution is 2.24. The number of hydrogen-bond acceptors (Lipinski definition) is 3. The average molecular weight is 274 g/mol. The Morgan fingerprint density at radius 2 is 1.68 bits per heavy atom. The van der Waals surface area contributed by atoms with Crippen LogP contribution in [0.3, 0.4) is 0 Å². The second-order valence-corrected chi connectivity index (χ2v) is 5.44. The Balaban J connectivity index is 2.21. The first kappa shape index (κ1) is 13.5. The first-order valence-corrected chi connectivity index (χ1v) is 7.18. The van der Waals surface area contributed by atoms with Gasteiger partial charge in [-0.2, -0.15) is 0 Å². The number of para-hydroxylation sites is 1. The highest BCUT2D eigenvalue weighted by atomic mass is 32.2. The summed E-state index contributed by atoms with van der Waals surface area (Å²) >= 11 is 0. The Bertz CT molecular complexity index is 593. The van der Waals surface area contributed by atoms with Crippen molar-refractivity contribution in [1.82, 2.24) is 0 Å². The van der Waals surface area contributed by atoms with Crippen LogP contribution in [0, 0.1) is 0 Å². The topological polar surface area (TPSA) is 43.4 Å². The van der Waals surface area contributed by atoms with Crippen molar-refractivity contribution in [2.24, 2.45) is 0 Å². The van der Waals surface area contributed by atoms with E-state index >= 15 is 0 Å². The molecule has 0 spiro atoms. The molecule has 0 aliphatic rings. The maximum absolute atomic E-state index is 12.3. The Morgan fingerprint density at radius 3 is 2.37 bits per heavy atom. The number of benzene rings is 2. The number of carbonyl (C=O) groups excluding carboxylic acids is 1. The Kier molecular flexibility index (Phi) is 4.47. The molecular formula is C15H14O3S. The summed E-state index contributed by atoms with van der Waals surface area (Å²) in [6.07, 6.45) is 0. The van der Waals surface area contributed by atoms with Gasteiger partial charge in [-0.1, -0.05) is 42.5 Å². The van der Waals surface area contributed by atoms with Gasteiger partial charge in [-0.05, 0) is 17.7 Å². The van der Waals surface area contributed by atoms with Gasteiger partial charge in [0, 0.05) is 6.92 Å². The van der Waals surface area contributed by atoms with Crippen LogP contribution in [-0.4, -0.2) is 10.2 Å². The second kappa shape index (κ2) is 6.29. The molecule has 0 aliphatic heterocycles. The molecule has 3 nitrogen and oxygen atoms in total. The van der Waals surface area contributed by atoms with Crippen molar-refractivity contribution in [3.8, 4) is 5.75 Å². The molecule has 4 heteroatoms. The molecule has 0 fully saturated rings. The van der Waals surface area contributed by atoms with Crippen LogP contribution in [-0.2, 0) is 21.3 Å². The number of ether oxygens (including phenoxy) is 1. The lowest BCUT2D eigenvalue weighted by Gasteiger charge is -2.08. The molecule has 0 amide bonds. The molecule has 98 valence electrons. The van der Waals surface area contributed by atoms with E-state index in [1.165, 1.54) is 6.92 Å². The van der Waals surface area contributed by atoms with Crippen LogP contribution in [0.2, 0.25) is 0 Å². The lowest BCUT2D eigenvalue weighted by molar-refractivity contribution is -0.132. The molecule has 2 aromatic rings. The Labute approximate surface area is 114 Å². The molecule has 0 radical (unpaired) electrons. The van der Waals surface area contributed by atoms with Crippen molar-refractivity contribution in [2.75, 3.05) is 0 Å².